The summed E-state index contributed by atoms with van der Waals surface area (Å²) in [5.74, 6) is -0.426. The molecule has 7 heteroatoms. The second-order valence-electron chi connectivity index (χ2n) is 8.36. The lowest BCUT2D eigenvalue weighted by atomic mass is 9.79. The van der Waals surface area contributed by atoms with E-state index < -0.39 is 11.2 Å². The van der Waals surface area contributed by atoms with E-state index in [2.05, 4.69) is 10.2 Å². The predicted octanol–water partition coefficient (Wildman–Crippen LogP) is 0.781. The Hall–Kier alpha value is -2.12. The van der Waals surface area contributed by atoms with Crippen molar-refractivity contribution in [3.05, 3.63) is 29.8 Å². The van der Waals surface area contributed by atoms with Gasteiger partial charge in [-0.3, -0.25) is 9.59 Å². The summed E-state index contributed by atoms with van der Waals surface area (Å²) in [5.41, 5.74) is -0.288. The minimum atomic E-state index is -1.19. The van der Waals surface area contributed by atoms with Crippen molar-refractivity contribution >= 4 is 17.5 Å². The number of hydrogen-bond donors (Lipinski definition) is 3. The van der Waals surface area contributed by atoms with Gasteiger partial charge in [-0.1, -0.05) is 18.2 Å². The number of rotatable bonds is 5. The number of carbonyl (C=O) groups is 2. The molecule has 0 radical (unpaired) electrons. The number of carbonyl (C=O) groups excluding carboxylic acids is 2. The molecule has 3 N–H and O–H groups in total. The van der Waals surface area contributed by atoms with Gasteiger partial charge in [0.05, 0.1) is 0 Å². The highest BCUT2D eigenvalue weighted by Gasteiger charge is 2.45. The molecule has 0 spiro atoms. The minimum Gasteiger partial charge on any atom is -0.380 e. The lowest BCUT2D eigenvalue weighted by Crippen LogP contribution is -2.58. The van der Waals surface area contributed by atoms with E-state index in [1.807, 2.05) is 24.3 Å². The summed E-state index contributed by atoms with van der Waals surface area (Å²) in [5, 5.41) is 23.3. The van der Waals surface area contributed by atoms with Crippen LogP contribution in [0.1, 0.15) is 44.1 Å². The van der Waals surface area contributed by atoms with Crippen LogP contribution in [0.5, 0.6) is 0 Å². The monoisotopic (exact) mass is 387 g/mol. The van der Waals surface area contributed by atoms with Crippen LogP contribution in [0, 0.1) is 0 Å². The fraction of sp³-hybridized carbons (Fsp3) is 0.619. The van der Waals surface area contributed by atoms with E-state index in [4.69, 9.17) is 0 Å². The third kappa shape index (κ3) is 3.49. The SMILES string of the molecule is O=C(NCc1ccccc1N1CCN(C(=O)C2(O)CCC2)CC1)C1(O)CCC1. The van der Waals surface area contributed by atoms with Crippen LogP contribution >= 0.6 is 0 Å². The molecule has 1 heterocycles. The van der Waals surface area contributed by atoms with Gasteiger partial charge in [0.25, 0.3) is 11.8 Å². The van der Waals surface area contributed by atoms with E-state index in [1.165, 1.54) is 0 Å². The highest BCUT2D eigenvalue weighted by Crippen LogP contribution is 2.34. The maximum absolute atomic E-state index is 12.5. The van der Waals surface area contributed by atoms with E-state index in [1.54, 1.807) is 4.90 Å². The van der Waals surface area contributed by atoms with Crippen molar-refractivity contribution in [1.82, 2.24) is 10.2 Å². The Labute approximate surface area is 165 Å². The van der Waals surface area contributed by atoms with Gasteiger partial charge in [0.2, 0.25) is 0 Å². The summed E-state index contributed by atoms with van der Waals surface area (Å²) in [7, 11) is 0. The molecule has 1 aliphatic heterocycles. The Morgan fingerprint density at radius 3 is 2.11 bits per heavy atom. The van der Waals surface area contributed by atoms with Gasteiger partial charge in [0.1, 0.15) is 11.2 Å². The second-order valence-corrected chi connectivity index (χ2v) is 8.36. The average molecular weight is 387 g/mol. The van der Waals surface area contributed by atoms with E-state index in [0.29, 0.717) is 58.4 Å². The van der Waals surface area contributed by atoms with Gasteiger partial charge < -0.3 is 25.3 Å². The Kier molecular flexibility index (Phi) is 5.05. The summed E-state index contributed by atoms with van der Waals surface area (Å²) in [4.78, 5) is 28.7. The van der Waals surface area contributed by atoms with Crippen LogP contribution in [-0.2, 0) is 16.1 Å². The number of amides is 2. The zero-order valence-corrected chi connectivity index (χ0v) is 16.2. The molecule has 0 unspecified atom stereocenters. The molecule has 28 heavy (non-hydrogen) atoms. The number of aliphatic hydroxyl groups is 2. The van der Waals surface area contributed by atoms with E-state index in [-0.39, 0.29) is 11.8 Å². The van der Waals surface area contributed by atoms with Crippen LogP contribution in [0.15, 0.2) is 24.3 Å². The van der Waals surface area contributed by atoms with Crippen molar-refractivity contribution in [2.24, 2.45) is 0 Å². The molecule has 0 atom stereocenters. The molecule has 2 saturated carbocycles. The molecule has 7 nitrogen and oxygen atoms in total. The molecule has 2 aliphatic carbocycles. The summed E-state index contributed by atoms with van der Waals surface area (Å²) < 4.78 is 0. The zero-order valence-electron chi connectivity index (χ0n) is 16.2. The normalized spacial score (nSPS) is 22.8. The molecule has 152 valence electrons. The maximum atomic E-state index is 12.5. The predicted molar refractivity (Wildman–Crippen MR) is 105 cm³/mol. The van der Waals surface area contributed by atoms with Crippen LogP contribution in [-0.4, -0.2) is 64.3 Å². The van der Waals surface area contributed by atoms with Gasteiger partial charge in [0.15, 0.2) is 0 Å². The maximum Gasteiger partial charge on any atom is 0.254 e. The first-order chi connectivity index (χ1) is 13.4. The Balaban J connectivity index is 1.36. The average Bonchev–Trinajstić information content (AvgIpc) is 2.68. The van der Waals surface area contributed by atoms with Crippen molar-refractivity contribution in [3.8, 4) is 0 Å². The summed E-state index contributed by atoms with van der Waals surface area (Å²) in [6.07, 6.45) is 4.00. The smallest absolute Gasteiger partial charge is 0.254 e. The van der Waals surface area contributed by atoms with Crippen LogP contribution in [0.3, 0.4) is 0 Å². The van der Waals surface area contributed by atoms with Crippen LogP contribution in [0.4, 0.5) is 5.69 Å². The topological polar surface area (TPSA) is 93.1 Å². The second kappa shape index (κ2) is 7.37. The number of para-hydroxylation sites is 1. The number of anilines is 1. The highest BCUT2D eigenvalue weighted by molar-refractivity contribution is 5.86. The molecule has 0 bridgehead atoms. The molecule has 3 aliphatic rings. The van der Waals surface area contributed by atoms with E-state index in [0.717, 1.165) is 24.1 Å². The number of hydrogen-bond acceptors (Lipinski definition) is 5. The van der Waals surface area contributed by atoms with Gasteiger partial charge in [-0.15, -0.1) is 0 Å². The molecule has 2 amide bonds. The number of piperazine rings is 1. The van der Waals surface area contributed by atoms with Gasteiger partial charge in [-0.2, -0.15) is 0 Å². The van der Waals surface area contributed by atoms with Gasteiger partial charge in [-0.25, -0.2) is 0 Å². The molecule has 0 aromatic heterocycles. The first-order valence-corrected chi connectivity index (χ1v) is 10.3. The molecule has 1 aromatic carbocycles. The van der Waals surface area contributed by atoms with Gasteiger partial charge in [0, 0.05) is 38.4 Å². The number of nitrogens with zero attached hydrogens (tertiary/aromatic N) is 2. The number of benzene rings is 1. The molecule has 1 saturated heterocycles. The lowest BCUT2D eigenvalue weighted by Gasteiger charge is -2.43. The molecule has 1 aromatic rings. The fourth-order valence-corrected chi connectivity index (χ4v) is 4.22. The largest absolute Gasteiger partial charge is 0.380 e. The standard InChI is InChI=1S/C21H29N3O4/c25-18(20(27)7-3-8-20)22-15-16-5-1-2-6-17(16)23-11-13-24(14-12-23)19(26)21(28)9-4-10-21/h1-2,5-6,27-28H,3-4,7-15H2,(H,22,25). The van der Waals surface area contributed by atoms with Crippen LogP contribution < -0.4 is 10.2 Å². The Bertz CT molecular complexity index is 750. The number of nitrogens with one attached hydrogen (secondary N) is 1. The molecular formula is C21H29N3O4. The van der Waals surface area contributed by atoms with Crippen molar-refractivity contribution in [2.45, 2.75) is 56.3 Å². The van der Waals surface area contributed by atoms with E-state index >= 15 is 0 Å². The molecule has 3 fully saturated rings. The van der Waals surface area contributed by atoms with Crippen molar-refractivity contribution in [1.29, 1.82) is 0 Å². The lowest BCUT2D eigenvalue weighted by molar-refractivity contribution is -0.160. The molecular weight excluding hydrogens is 358 g/mol. The minimum absolute atomic E-state index is 0.132. The first kappa shape index (κ1) is 19.2. The van der Waals surface area contributed by atoms with Gasteiger partial charge in [-0.05, 0) is 50.2 Å². The van der Waals surface area contributed by atoms with Crippen molar-refractivity contribution < 1.29 is 19.8 Å². The van der Waals surface area contributed by atoms with E-state index in [9.17, 15) is 19.8 Å². The zero-order chi connectivity index (χ0) is 19.8. The fourth-order valence-electron chi connectivity index (χ4n) is 4.22. The third-order valence-electron chi connectivity index (χ3n) is 6.52. The highest BCUT2D eigenvalue weighted by atomic mass is 16.3. The van der Waals surface area contributed by atoms with Crippen molar-refractivity contribution in [2.75, 3.05) is 31.1 Å². The summed E-state index contributed by atoms with van der Waals surface area (Å²) in [6, 6.07) is 7.91. The quantitative estimate of drug-likeness (QED) is 0.694. The van der Waals surface area contributed by atoms with Crippen LogP contribution in [0.2, 0.25) is 0 Å². The Morgan fingerprint density at radius 2 is 1.54 bits per heavy atom. The summed E-state index contributed by atoms with van der Waals surface area (Å²) in [6.45, 7) is 2.92. The first-order valence-electron chi connectivity index (χ1n) is 10.3. The van der Waals surface area contributed by atoms with Gasteiger partial charge >= 0.3 is 0 Å². The molecule has 4 rings (SSSR count). The third-order valence-corrected chi connectivity index (χ3v) is 6.52. The summed E-state index contributed by atoms with van der Waals surface area (Å²) >= 11 is 0. The van der Waals surface area contributed by atoms with Crippen molar-refractivity contribution in [3.63, 3.8) is 0 Å². The Morgan fingerprint density at radius 1 is 0.929 bits per heavy atom. The van der Waals surface area contributed by atoms with Crippen LogP contribution in [0.25, 0.3) is 0 Å².